The molecule has 166 valence electrons. The molecule has 0 radical (unpaired) electrons. The summed E-state index contributed by atoms with van der Waals surface area (Å²) in [7, 11) is 3.14. The topological polar surface area (TPSA) is 50.8 Å². The molecule has 1 saturated heterocycles. The van der Waals surface area contributed by atoms with Gasteiger partial charge >= 0.3 is 0 Å². The second-order valence-corrected chi connectivity index (χ2v) is 8.09. The largest absolute Gasteiger partial charge is 0.493 e. The molecule has 1 N–H and O–H groups in total. The molecule has 5 heteroatoms. The third-order valence-electron chi connectivity index (χ3n) is 5.97. The number of amides is 1. The van der Waals surface area contributed by atoms with Crippen LogP contribution >= 0.6 is 0 Å². The van der Waals surface area contributed by atoms with Crippen molar-refractivity contribution in [2.24, 2.45) is 0 Å². The molecular formula is C27H30N2O3. The van der Waals surface area contributed by atoms with E-state index in [0.717, 1.165) is 23.2 Å². The smallest absolute Gasteiger partial charge is 0.251 e. The molecule has 0 spiro atoms. The minimum absolute atomic E-state index is 0.151. The van der Waals surface area contributed by atoms with Gasteiger partial charge in [0.05, 0.1) is 14.2 Å². The molecule has 1 fully saturated rings. The second-order valence-electron chi connectivity index (χ2n) is 8.09. The maximum absolute atomic E-state index is 12.7. The third kappa shape index (κ3) is 5.11. The Morgan fingerprint density at radius 1 is 0.906 bits per heavy atom. The van der Waals surface area contributed by atoms with Crippen LogP contribution in [0.2, 0.25) is 0 Å². The minimum atomic E-state index is -0.151. The number of hydrogen-bond donors (Lipinski definition) is 1. The van der Waals surface area contributed by atoms with Crippen LogP contribution in [0.25, 0.3) is 11.1 Å². The van der Waals surface area contributed by atoms with E-state index in [0.29, 0.717) is 23.6 Å². The molecule has 0 saturated carbocycles. The van der Waals surface area contributed by atoms with Crippen molar-refractivity contribution >= 4 is 5.91 Å². The van der Waals surface area contributed by atoms with Crippen molar-refractivity contribution in [2.75, 3.05) is 27.3 Å². The predicted octanol–water partition coefficient (Wildman–Crippen LogP) is 4.90. The summed E-state index contributed by atoms with van der Waals surface area (Å²) in [6.45, 7) is 3.86. The number of hydrogen-bond acceptors (Lipinski definition) is 4. The second kappa shape index (κ2) is 10.3. The first-order valence-corrected chi connectivity index (χ1v) is 11.1. The fraction of sp³-hybridized carbons (Fsp3) is 0.296. The van der Waals surface area contributed by atoms with Gasteiger partial charge in [-0.2, -0.15) is 0 Å². The molecule has 5 nitrogen and oxygen atoms in total. The van der Waals surface area contributed by atoms with Crippen molar-refractivity contribution in [3.8, 4) is 22.6 Å². The SMILES string of the molecule is COc1ccc(C(=O)NCc2ccccc2-c2ccc(CN3CCCC3)cc2)cc1OC. The molecule has 1 aliphatic rings. The Balaban J connectivity index is 1.45. The lowest BCUT2D eigenvalue weighted by atomic mass is 9.98. The van der Waals surface area contributed by atoms with Crippen LogP contribution in [-0.2, 0) is 13.1 Å². The van der Waals surface area contributed by atoms with Crippen LogP contribution in [0.3, 0.4) is 0 Å². The molecule has 3 aromatic rings. The number of benzene rings is 3. The van der Waals surface area contributed by atoms with Gasteiger partial charge in [-0.05, 0) is 66.4 Å². The molecule has 0 unspecified atom stereocenters. The Labute approximate surface area is 190 Å². The molecule has 0 atom stereocenters. The first-order valence-electron chi connectivity index (χ1n) is 11.1. The summed E-state index contributed by atoms with van der Waals surface area (Å²) >= 11 is 0. The van der Waals surface area contributed by atoms with E-state index in [1.54, 1.807) is 32.4 Å². The number of rotatable bonds is 8. The zero-order valence-electron chi connectivity index (χ0n) is 18.8. The van der Waals surface area contributed by atoms with Crippen LogP contribution in [0.1, 0.15) is 34.3 Å². The van der Waals surface area contributed by atoms with Gasteiger partial charge in [0.2, 0.25) is 0 Å². The molecule has 32 heavy (non-hydrogen) atoms. The van der Waals surface area contributed by atoms with Gasteiger partial charge in [-0.3, -0.25) is 9.69 Å². The molecule has 1 amide bonds. The standard InChI is InChI=1S/C27H30N2O3/c1-31-25-14-13-22(17-26(25)32-2)27(30)28-18-23-7-3-4-8-24(23)21-11-9-20(10-12-21)19-29-15-5-6-16-29/h3-4,7-14,17H,5-6,15-16,18-19H2,1-2H3,(H,28,30). The summed E-state index contributed by atoms with van der Waals surface area (Å²) in [5.74, 6) is 0.985. The lowest BCUT2D eigenvalue weighted by Gasteiger charge is -2.15. The van der Waals surface area contributed by atoms with Crippen LogP contribution in [0.4, 0.5) is 0 Å². The van der Waals surface area contributed by atoms with Crippen LogP contribution in [0.15, 0.2) is 66.7 Å². The van der Waals surface area contributed by atoms with E-state index in [4.69, 9.17) is 9.47 Å². The highest BCUT2D eigenvalue weighted by atomic mass is 16.5. The van der Waals surface area contributed by atoms with E-state index in [9.17, 15) is 4.79 Å². The number of carbonyl (C=O) groups excluding carboxylic acids is 1. The Morgan fingerprint density at radius 3 is 2.34 bits per heavy atom. The summed E-state index contributed by atoms with van der Waals surface area (Å²) < 4.78 is 10.6. The number of nitrogens with zero attached hydrogens (tertiary/aromatic N) is 1. The fourth-order valence-electron chi connectivity index (χ4n) is 4.20. The summed E-state index contributed by atoms with van der Waals surface area (Å²) in [5, 5.41) is 3.03. The minimum Gasteiger partial charge on any atom is -0.493 e. The molecule has 0 bridgehead atoms. The van der Waals surface area contributed by atoms with E-state index in [2.05, 4.69) is 46.6 Å². The molecular weight excluding hydrogens is 400 g/mol. The van der Waals surface area contributed by atoms with Gasteiger partial charge in [-0.25, -0.2) is 0 Å². The number of ether oxygens (including phenoxy) is 2. The maximum atomic E-state index is 12.7. The van der Waals surface area contributed by atoms with E-state index >= 15 is 0 Å². The van der Waals surface area contributed by atoms with Gasteiger partial charge in [0.15, 0.2) is 11.5 Å². The average Bonchev–Trinajstić information content (AvgIpc) is 3.36. The highest BCUT2D eigenvalue weighted by Crippen LogP contribution is 2.28. The van der Waals surface area contributed by atoms with Crippen molar-refractivity contribution in [1.29, 1.82) is 0 Å². The molecule has 1 heterocycles. The Hall–Kier alpha value is -3.31. The quantitative estimate of drug-likeness (QED) is 0.552. The summed E-state index contributed by atoms with van der Waals surface area (Å²) in [5.41, 5.74) is 5.24. The van der Waals surface area contributed by atoms with Gasteiger partial charge in [0.1, 0.15) is 0 Å². The van der Waals surface area contributed by atoms with Crippen LogP contribution < -0.4 is 14.8 Å². The lowest BCUT2D eigenvalue weighted by molar-refractivity contribution is 0.0950. The van der Waals surface area contributed by atoms with Crippen molar-refractivity contribution < 1.29 is 14.3 Å². The Bertz CT molecular complexity index is 1060. The van der Waals surface area contributed by atoms with Gasteiger partial charge in [0, 0.05) is 18.7 Å². The van der Waals surface area contributed by atoms with Crippen LogP contribution in [0.5, 0.6) is 11.5 Å². The van der Waals surface area contributed by atoms with E-state index in [1.165, 1.54) is 31.5 Å². The van der Waals surface area contributed by atoms with Gasteiger partial charge in [0.25, 0.3) is 5.91 Å². The van der Waals surface area contributed by atoms with Crippen molar-refractivity contribution in [3.63, 3.8) is 0 Å². The summed E-state index contributed by atoms with van der Waals surface area (Å²) in [4.78, 5) is 15.2. The first kappa shape index (κ1) is 21.9. The molecule has 0 aliphatic carbocycles. The first-order chi connectivity index (χ1) is 15.7. The fourth-order valence-corrected chi connectivity index (χ4v) is 4.20. The van der Waals surface area contributed by atoms with Gasteiger partial charge in [-0.1, -0.05) is 48.5 Å². The molecule has 1 aliphatic heterocycles. The lowest BCUT2D eigenvalue weighted by Crippen LogP contribution is -2.23. The van der Waals surface area contributed by atoms with Gasteiger partial charge in [-0.15, -0.1) is 0 Å². The van der Waals surface area contributed by atoms with Crippen LogP contribution in [-0.4, -0.2) is 38.1 Å². The zero-order valence-corrected chi connectivity index (χ0v) is 18.8. The summed E-state index contributed by atoms with van der Waals surface area (Å²) in [6, 6.07) is 22.2. The van der Waals surface area contributed by atoms with Gasteiger partial charge < -0.3 is 14.8 Å². The third-order valence-corrected chi connectivity index (χ3v) is 5.97. The number of carbonyl (C=O) groups is 1. The monoisotopic (exact) mass is 430 g/mol. The zero-order chi connectivity index (χ0) is 22.3. The Morgan fingerprint density at radius 2 is 1.62 bits per heavy atom. The predicted molar refractivity (Wildman–Crippen MR) is 127 cm³/mol. The van der Waals surface area contributed by atoms with E-state index in [-0.39, 0.29) is 5.91 Å². The maximum Gasteiger partial charge on any atom is 0.251 e. The Kier molecular flexibility index (Phi) is 7.07. The van der Waals surface area contributed by atoms with Crippen molar-refractivity contribution in [1.82, 2.24) is 10.2 Å². The average molecular weight is 431 g/mol. The highest BCUT2D eigenvalue weighted by Gasteiger charge is 2.13. The number of likely N-dealkylation sites (tertiary alicyclic amines) is 1. The number of methoxy groups -OCH3 is 2. The van der Waals surface area contributed by atoms with Crippen molar-refractivity contribution in [3.05, 3.63) is 83.4 Å². The molecule has 3 aromatic carbocycles. The number of nitrogens with one attached hydrogen (secondary N) is 1. The van der Waals surface area contributed by atoms with E-state index in [1.807, 2.05) is 12.1 Å². The van der Waals surface area contributed by atoms with Crippen LogP contribution in [0, 0.1) is 0 Å². The normalized spacial score (nSPS) is 13.7. The molecule has 0 aromatic heterocycles. The highest BCUT2D eigenvalue weighted by molar-refractivity contribution is 5.95. The van der Waals surface area contributed by atoms with Crippen molar-refractivity contribution in [2.45, 2.75) is 25.9 Å². The molecule has 4 rings (SSSR count). The van der Waals surface area contributed by atoms with E-state index < -0.39 is 0 Å². The summed E-state index contributed by atoms with van der Waals surface area (Å²) in [6.07, 6.45) is 2.61.